The van der Waals surface area contributed by atoms with Crippen molar-refractivity contribution in [3.05, 3.63) is 0 Å². The Balaban J connectivity index is 1.76. The minimum atomic E-state index is 0.437. The third kappa shape index (κ3) is 1.63. The van der Waals surface area contributed by atoms with Crippen molar-refractivity contribution >= 4 is 5.78 Å². The summed E-state index contributed by atoms with van der Waals surface area (Å²) in [5.41, 5.74) is 0. The summed E-state index contributed by atoms with van der Waals surface area (Å²) in [6.45, 7) is 4.57. The lowest BCUT2D eigenvalue weighted by atomic mass is 9.65. The zero-order chi connectivity index (χ0) is 11.3. The maximum absolute atomic E-state index is 12.3. The quantitative estimate of drug-likeness (QED) is 0.659. The molecule has 0 saturated heterocycles. The summed E-state index contributed by atoms with van der Waals surface area (Å²) in [6, 6.07) is 0. The Kier molecular flexibility index (Phi) is 2.60. The molecule has 3 aliphatic carbocycles. The number of carbonyl (C=O) groups is 1. The van der Waals surface area contributed by atoms with Gasteiger partial charge in [0.05, 0.1) is 0 Å². The molecule has 0 N–H and O–H groups in total. The zero-order valence-electron chi connectivity index (χ0n) is 10.6. The van der Waals surface area contributed by atoms with E-state index in [1.54, 1.807) is 0 Å². The normalized spacial score (nSPS) is 52.2. The highest BCUT2D eigenvalue weighted by molar-refractivity contribution is 5.82. The predicted octanol–water partition coefficient (Wildman–Crippen LogP) is 3.67. The molecule has 3 rings (SSSR count). The Morgan fingerprint density at radius 3 is 2.44 bits per heavy atom. The van der Waals surface area contributed by atoms with Crippen molar-refractivity contribution in [1.82, 2.24) is 0 Å². The molecule has 0 spiro atoms. The molecular formula is C15H24O. The van der Waals surface area contributed by atoms with Gasteiger partial charge in [0.1, 0.15) is 5.78 Å². The van der Waals surface area contributed by atoms with E-state index in [0.717, 1.165) is 24.2 Å². The Hall–Kier alpha value is -0.330. The largest absolute Gasteiger partial charge is 0.299 e. The zero-order valence-corrected chi connectivity index (χ0v) is 10.6. The Morgan fingerprint density at radius 1 is 1.06 bits per heavy atom. The van der Waals surface area contributed by atoms with Gasteiger partial charge in [-0.3, -0.25) is 4.79 Å². The summed E-state index contributed by atoms with van der Waals surface area (Å²) in [6.07, 6.45) is 7.83. The molecule has 3 aliphatic rings. The molecule has 6 atom stereocenters. The van der Waals surface area contributed by atoms with Crippen LogP contribution in [0.3, 0.4) is 0 Å². The number of fused-ring (bicyclic) bond motifs is 2. The number of rotatable bonds is 1. The van der Waals surface area contributed by atoms with Crippen molar-refractivity contribution in [3.8, 4) is 0 Å². The number of carbonyl (C=O) groups excluding carboxylic acids is 1. The fourth-order valence-corrected chi connectivity index (χ4v) is 5.06. The van der Waals surface area contributed by atoms with Crippen molar-refractivity contribution in [2.75, 3.05) is 0 Å². The van der Waals surface area contributed by atoms with Gasteiger partial charge in [0, 0.05) is 12.3 Å². The molecular weight excluding hydrogens is 196 g/mol. The Labute approximate surface area is 99.0 Å². The molecule has 0 aromatic heterocycles. The monoisotopic (exact) mass is 220 g/mol. The highest BCUT2D eigenvalue weighted by Crippen LogP contribution is 2.54. The van der Waals surface area contributed by atoms with Gasteiger partial charge >= 0.3 is 0 Å². The van der Waals surface area contributed by atoms with Crippen LogP contribution in [0.25, 0.3) is 0 Å². The molecule has 0 amide bonds. The first kappa shape index (κ1) is 10.8. The second kappa shape index (κ2) is 3.85. The van der Waals surface area contributed by atoms with Crippen LogP contribution in [0.1, 0.15) is 52.4 Å². The van der Waals surface area contributed by atoms with Gasteiger partial charge < -0.3 is 0 Å². The van der Waals surface area contributed by atoms with Crippen LogP contribution in [0.4, 0.5) is 0 Å². The minimum absolute atomic E-state index is 0.437. The molecule has 0 aromatic rings. The Morgan fingerprint density at radius 2 is 1.88 bits per heavy atom. The van der Waals surface area contributed by atoms with E-state index in [9.17, 15) is 4.79 Å². The van der Waals surface area contributed by atoms with Crippen LogP contribution >= 0.6 is 0 Å². The molecule has 3 saturated carbocycles. The van der Waals surface area contributed by atoms with Crippen LogP contribution < -0.4 is 0 Å². The first-order valence-corrected chi connectivity index (χ1v) is 7.18. The van der Waals surface area contributed by atoms with Gasteiger partial charge in [-0.2, -0.15) is 0 Å². The third-order valence-electron chi connectivity index (χ3n) is 5.56. The van der Waals surface area contributed by atoms with Gasteiger partial charge in [-0.1, -0.05) is 20.3 Å². The average molecular weight is 220 g/mol. The Bertz CT molecular complexity index is 296. The third-order valence-corrected chi connectivity index (χ3v) is 5.56. The topological polar surface area (TPSA) is 17.1 Å². The van der Waals surface area contributed by atoms with Crippen LogP contribution in [0.2, 0.25) is 0 Å². The van der Waals surface area contributed by atoms with Gasteiger partial charge in [-0.25, -0.2) is 0 Å². The maximum atomic E-state index is 12.3. The fourth-order valence-electron chi connectivity index (χ4n) is 5.06. The first-order valence-electron chi connectivity index (χ1n) is 7.18. The lowest BCUT2D eigenvalue weighted by molar-refractivity contribution is -0.131. The standard InChI is InChI=1S/C15H24O/c1-9-5-10(2)15(14(16)6-9)13-8-11-3-4-12(13)7-11/h9-13,15H,3-8H2,1-2H3/t9-,10+,11+,12+,13+,15+/m0/s1. The van der Waals surface area contributed by atoms with E-state index in [2.05, 4.69) is 13.8 Å². The number of hydrogen-bond donors (Lipinski definition) is 0. The molecule has 90 valence electrons. The summed E-state index contributed by atoms with van der Waals surface area (Å²) >= 11 is 0. The summed E-state index contributed by atoms with van der Waals surface area (Å²) < 4.78 is 0. The van der Waals surface area contributed by atoms with Gasteiger partial charge in [-0.05, 0) is 55.3 Å². The number of ketones is 1. The van der Waals surface area contributed by atoms with Crippen molar-refractivity contribution in [2.24, 2.45) is 35.5 Å². The molecule has 2 bridgehead atoms. The van der Waals surface area contributed by atoms with Gasteiger partial charge in [0.25, 0.3) is 0 Å². The van der Waals surface area contributed by atoms with E-state index in [1.807, 2.05) is 0 Å². The summed E-state index contributed by atoms with van der Waals surface area (Å²) in [7, 11) is 0. The van der Waals surface area contributed by atoms with E-state index in [0.29, 0.717) is 23.5 Å². The predicted molar refractivity (Wildman–Crippen MR) is 65.0 cm³/mol. The van der Waals surface area contributed by atoms with Gasteiger partial charge in [0.2, 0.25) is 0 Å². The van der Waals surface area contributed by atoms with Crippen LogP contribution in [0.15, 0.2) is 0 Å². The van der Waals surface area contributed by atoms with Crippen molar-refractivity contribution in [2.45, 2.75) is 52.4 Å². The molecule has 0 unspecified atom stereocenters. The van der Waals surface area contributed by atoms with Crippen molar-refractivity contribution < 1.29 is 4.79 Å². The van der Waals surface area contributed by atoms with E-state index in [-0.39, 0.29) is 0 Å². The first-order chi connectivity index (χ1) is 7.65. The van der Waals surface area contributed by atoms with Crippen LogP contribution in [0.5, 0.6) is 0 Å². The van der Waals surface area contributed by atoms with E-state index in [4.69, 9.17) is 0 Å². The highest BCUT2D eigenvalue weighted by atomic mass is 16.1. The molecule has 0 aliphatic heterocycles. The number of Topliss-reactive ketones (excluding diaryl/α,β-unsaturated/α-hetero) is 1. The molecule has 1 heteroatoms. The fraction of sp³-hybridized carbons (Fsp3) is 0.933. The SMILES string of the molecule is C[C@@H]1CC(=O)[C@@H]([C@@H]2C[C@@H]3CC[C@@H]2C3)[C@H](C)C1. The number of hydrogen-bond acceptors (Lipinski definition) is 1. The molecule has 3 fully saturated rings. The lowest BCUT2D eigenvalue weighted by Crippen LogP contribution is -2.38. The van der Waals surface area contributed by atoms with E-state index < -0.39 is 0 Å². The smallest absolute Gasteiger partial charge is 0.136 e. The molecule has 1 nitrogen and oxygen atoms in total. The summed E-state index contributed by atoms with van der Waals surface area (Å²) in [4.78, 5) is 12.3. The average Bonchev–Trinajstić information content (AvgIpc) is 2.77. The van der Waals surface area contributed by atoms with Crippen molar-refractivity contribution in [3.63, 3.8) is 0 Å². The van der Waals surface area contributed by atoms with Crippen LogP contribution in [0, 0.1) is 35.5 Å². The van der Waals surface area contributed by atoms with Crippen LogP contribution in [-0.4, -0.2) is 5.78 Å². The second-order valence-electron chi connectivity index (χ2n) is 6.85. The van der Waals surface area contributed by atoms with Gasteiger partial charge in [-0.15, -0.1) is 0 Å². The molecule has 16 heavy (non-hydrogen) atoms. The van der Waals surface area contributed by atoms with E-state index in [1.165, 1.54) is 32.1 Å². The van der Waals surface area contributed by atoms with E-state index >= 15 is 0 Å². The minimum Gasteiger partial charge on any atom is -0.299 e. The molecule has 0 heterocycles. The highest BCUT2D eigenvalue weighted by Gasteiger charge is 2.47. The lowest BCUT2D eigenvalue weighted by Gasteiger charge is -2.38. The second-order valence-corrected chi connectivity index (χ2v) is 6.85. The van der Waals surface area contributed by atoms with Crippen LogP contribution in [-0.2, 0) is 4.79 Å². The molecule has 0 aromatic carbocycles. The van der Waals surface area contributed by atoms with Crippen molar-refractivity contribution in [1.29, 1.82) is 0 Å². The van der Waals surface area contributed by atoms with Gasteiger partial charge in [0.15, 0.2) is 0 Å². The maximum Gasteiger partial charge on any atom is 0.136 e. The summed E-state index contributed by atoms with van der Waals surface area (Å²) in [5.74, 6) is 4.99. The molecule has 0 radical (unpaired) electrons. The summed E-state index contributed by atoms with van der Waals surface area (Å²) in [5, 5.41) is 0.